The Morgan fingerprint density at radius 2 is 1.23 bits per heavy atom. The van der Waals surface area contributed by atoms with Gasteiger partial charge in [-0.15, -0.1) is 0 Å². The summed E-state index contributed by atoms with van der Waals surface area (Å²) in [7, 11) is 0. The van der Waals surface area contributed by atoms with Crippen LogP contribution in [0.2, 0.25) is 0 Å². The molecule has 0 aliphatic rings. The first-order valence-corrected chi connectivity index (χ1v) is 13.3. The fourth-order valence-corrected chi connectivity index (χ4v) is 3.56. The van der Waals surface area contributed by atoms with E-state index in [-0.39, 0.29) is 65.9 Å². The van der Waals surface area contributed by atoms with Gasteiger partial charge >= 0.3 is 23.9 Å². The van der Waals surface area contributed by atoms with Crippen molar-refractivity contribution in [3.05, 3.63) is 23.8 Å². The van der Waals surface area contributed by atoms with Crippen LogP contribution in [0.3, 0.4) is 0 Å². The maximum absolute atomic E-state index is 12.6. The number of carbonyl (C=O) groups excluding carboxylic acids is 3. The zero-order valence-corrected chi connectivity index (χ0v) is 25.2. The molecule has 0 fully saturated rings. The molecule has 39 heavy (non-hydrogen) atoms. The third-order valence-corrected chi connectivity index (χ3v) is 5.20. The van der Waals surface area contributed by atoms with Gasteiger partial charge in [0.25, 0.3) is 0 Å². The lowest BCUT2D eigenvalue weighted by Gasteiger charge is -2.22. The van der Waals surface area contributed by atoms with Gasteiger partial charge in [-0.3, -0.25) is 19.2 Å². The molecule has 1 rings (SSSR count). The van der Waals surface area contributed by atoms with Gasteiger partial charge in [-0.2, -0.15) is 0 Å². The number of benzene rings is 1. The molecule has 0 amide bonds. The number of rotatable bonds is 12. The maximum Gasteiger partial charge on any atom is 0.321 e. The Morgan fingerprint density at radius 1 is 0.769 bits per heavy atom. The molecule has 0 saturated heterocycles. The fourth-order valence-electron chi connectivity index (χ4n) is 3.56. The molecule has 1 unspecified atom stereocenters. The second kappa shape index (κ2) is 13.9. The molecule has 0 heterocycles. The van der Waals surface area contributed by atoms with Crippen molar-refractivity contribution < 1.29 is 38.5 Å². The van der Waals surface area contributed by atoms with Crippen molar-refractivity contribution in [3.8, 4) is 11.5 Å². The third-order valence-electron chi connectivity index (χ3n) is 5.20. The number of carbonyl (C=O) groups is 4. The van der Waals surface area contributed by atoms with Gasteiger partial charge in [0.2, 0.25) is 0 Å². The molecule has 0 aliphatic carbocycles. The minimum atomic E-state index is -1.09. The summed E-state index contributed by atoms with van der Waals surface area (Å²) in [5.74, 6) is -2.25. The van der Waals surface area contributed by atoms with E-state index in [4.69, 9.17) is 14.2 Å². The summed E-state index contributed by atoms with van der Waals surface area (Å²) in [5.41, 5.74) is -0.266. The number of aliphatic carboxylic acids is 1. The molecule has 9 nitrogen and oxygen atoms in total. The van der Waals surface area contributed by atoms with Crippen LogP contribution in [0.25, 0.3) is 0 Å². The Balaban J connectivity index is 3.05. The highest BCUT2D eigenvalue weighted by Gasteiger charge is 2.25. The zero-order valence-electron chi connectivity index (χ0n) is 25.2. The summed E-state index contributed by atoms with van der Waals surface area (Å²) in [4.78, 5) is 49.1. The van der Waals surface area contributed by atoms with Crippen LogP contribution in [0, 0.1) is 16.2 Å². The first-order chi connectivity index (χ1) is 17.6. The lowest BCUT2D eigenvalue weighted by Crippen LogP contribution is -2.42. The Labute approximate surface area is 233 Å². The number of nitrogens with one attached hydrogen (secondary N) is 1. The Morgan fingerprint density at radius 3 is 1.69 bits per heavy atom. The first kappa shape index (κ1) is 34.1. The number of carboxylic acids is 1. The van der Waals surface area contributed by atoms with Crippen molar-refractivity contribution in [2.75, 3.05) is 6.54 Å². The molecule has 2 N–H and O–H groups in total. The minimum absolute atomic E-state index is 0.0534. The number of hydrogen-bond acceptors (Lipinski definition) is 8. The van der Waals surface area contributed by atoms with E-state index in [9.17, 15) is 24.3 Å². The van der Waals surface area contributed by atoms with E-state index in [0.29, 0.717) is 5.56 Å². The zero-order chi connectivity index (χ0) is 30.2. The van der Waals surface area contributed by atoms with Gasteiger partial charge in [0, 0.05) is 6.54 Å². The Kier molecular flexibility index (Phi) is 12.2. The second-order valence-electron chi connectivity index (χ2n) is 13.7. The highest BCUT2D eigenvalue weighted by molar-refractivity contribution is 5.77. The fraction of sp³-hybridized carbons (Fsp3) is 0.667. The van der Waals surface area contributed by atoms with Crippen molar-refractivity contribution in [2.45, 2.75) is 107 Å². The predicted octanol–water partition coefficient (Wildman–Crippen LogP) is 5.32. The highest BCUT2D eigenvalue weighted by Crippen LogP contribution is 2.32. The van der Waals surface area contributed by atoms with Crippen LogP contribution in [-0.2, 0) is 30.3 Å². The summed E-state index contributed by atoms with van der Waals surface area (Å²) in [6.45, 7) is 19.1. The van der Waals surface area contributed by atoms with E-state index in [1.807, 2.05) is 62.3 Å². The van der Waals surface area contributed by atoms with Crippen molar-refractivity contribution in [3.63, 3.8) is 0 Å². The van der Waals surface area contributed by atoms with Crippen LogP contribution in [0.5, 0.6) is 11.5 Å². The highest BCUT2D eigenvalue weighted by atomic mass is 16.6. The topological polar surface area (TPSA) is 128 Å². The number of hydrogen-bond donors (Lipinski definition) is 2. The van der Waals surface area contributed by atoms with E-state index >= 15 is 0 Å². The standard InChI is InChI=1S/C30H47NO8/c1-19(37-24(32)15-28(2,3)4)18-31-21(27(35)36)13-20-11-12-22(38-25(33)16-29(5,6)7)23(14-20)39-26(34)17-30(8,9)10/h11-12,14,19,21,31H,13,15-18H2,1-10H3,(H,35,36)/t19?,21-/m0/s1. The molecule has 0 aliphatic heterocycles. The molecule has 1 aromatic carbocycles. The van der Waals surface area contributed by atoms with E-state index in [2.05, 4.69) is 5.32 Å². The molecular weight excluding hydrogens is 502 g/mol. The van der Waals surface area contributed by atoms with Gasteiger partial charge in [0.1, 0.15) is 12.1 Å². The molecule has 220 valence electrons. The molecule has 0 saturated carbocycles. The summed E-state index contributed by atoms with van der Waals surface area (Å²) in [6, 6.07) is 3.66. The van der Waals surface area contributed by atoms with Crippen LogP contribution >= 0.6 is 0 Å². The average Bonchev–Trinajstić information content (AvgIpc) is 2.68. The maximum atomic E-state index is 12.6. The lowest BCUT2D eigenvalue weighted by molar-refractivity contribution is -0.150. The Bertz CT molecular complexity index is 1010. The molecule has 1 aromatic rings. The van der Waals surface area contributed by atoms with E-state index < -0.39 is 30.1 Å². The van der Waals surface area contributed by atoms with Gasteiger partial charge < -0.3 is 24.6 Å². The van der Waals surface area contributed by atoms with E-state index in [1.54, 1.807) is 13.0 Å². The van der Waals surface area contributed by atoms with Gasteiger partial charge in [0.15, 0.2) is 11.5 Å². The van der Waals surface area contributed by atoms with Crippen LogP contribution in [0.1, 0.15) is 94.1 Å². The third kappa shape index (κ3) is 15.3. The molecule has 0 spiro atoms. The van der Waals surface area contributed by atoms with Gasteiger partial charge in [0.05, 0.1) is 19.3 Å². The smallest absolute Gasteiger partial charge is 0.321 e. The van der Waals surface area contributed by atoms with Crippen LogP contribution in [0.4, 0.5) is 0 Å². The van der Waals surface area contributed by atoms with Crippen LogP contribution in [-0.4, -0.2) is 47.7 Å². The van der Waals surface area contributed by atoms with Crippen molar-refractivity contribution in [2.24, 2.45) is 16.2 Å². The molecule has 0 radical (unpaired) electrons. The molecule has 2 atom stereocenters. The SMILES string of the molecule is CC(CN[C@@H](Cc1ccc(OC(=O)CC(C)(C)C)c(OC(=O)CC(C)(C)C)c1)C(=O)O)OC(=O)CC(C)(C)C. The van der Waals surface area contributed by atoms with Crippen LogP contribution in [0.15, 0.2) is 18.2 Å². The summed E-state index contributed by atoms with van der Waals surface area (Å²) in [6.07, 6.45) is 0.0761. The van der Waals surface area contributed by atoms with Crippen molar-refractivity contribution in [1.29, 1.82) is 0 Å². The van der Waals surface area contributed by atoms with Crippen LogP contribution < -0.4 is 14.8 Å². The quantitative estimate of drug-likeness (QED) is 0.263. The normalized spacial score (nSPS) is 13.8. The van der Waals surface area contributed by atoms with Gasteiger partial charge in [-0.1, -0.05) is 68.4 Å². The van der Waals surface area contributed by atoms with E-state index in [0.717, 1.165) is 0 Å². The van der Waals surface area contributed by atoms with Crippen molar-refractivity contribution >= 4 is 23.9 Å². The van der Waals surface area contributed by atoms with Gasteiger partial charge in [-0.05, 0) is 47.3 Å². The average molecular weight is 550 g/mol. The molecule has 9 heteroatoms. The predicted molar refractivity (Wildman–Crippen MR) is 149 cm³/mol. The minimum Gasteiger partial charge on any atom is -0.480 e. The van der Waals surface area contributed by atoms with Crippen molar-refractivity contribution in [1.82, 2.24) is 5.32 Å². The number of esters is 3. The monoisotopic (exact) mass is 549 g/mol. The molecular formula is C30H47NO8. The number of ether oxygens (including phenoxy) is 3. The molecule has 0 bridgehead atoms. The number of carboxylic acid groups (broad SMARTS) is 1. The second-order valence-corrected chi connectivity index (χ2v) is 13.7. The summed E-state index contributed by atoms with van der Waals surface area (Å²) < 4.78 is 16.5. The largest absolute Gasteiger partial charge is 0.480 e. The summed E-state index contributed by atoms with van der Waals surface area (Å²) in [5, 5.41) is 12.7. The first-order valence-electron chi connectivity index (χ1n) is 13.3. The summed E-state index contributed by atoms with van der Waals surface area (Å²) >= 11 is 0. The van der Waals surface area contributed by atoms with E-state index in [1.165, 1.54) is 12.1 Å². The molecule has 0 aromatic heterocycles. The van der Waals surface area contributed by atoms with Gasteiger partial charge in [-0.25, -0.2) is 0 Å². The Hall–Kier alpha value is -2.94. The lowest BCUT2D eigenvalue weighted by atomic mass is 9.92.